The van der Waals surface area contributed by atoms with Gasteiger partial charge < -0.3 is 5.32 Å². The molecule has 0 saturated carbocycles. The van der Waals surface area contributed by atoms with Crippen molar-refractivity contribution < 1.29 is 4.79 Å². The van der Waals surface area contributed by atoms with E-state index in [0.717, 1.165) is 21.6 Å². The van der Waals surface area contributed by atoms with Gasteiger partial charge in [0.2, 0.25) is 5.91 Å². The molecule has 0 atom stereocenters. The number of carbonyl (C=O) groups excluding carboxylic acids is 1. The number of aryl methyl sites for hydroxylation is 3. The third kappa shape index (κ3) is 3.79. The minimum absolute atomic E-state index is 0.207. The van der Waals surface area contributed by atoms with E-state index >= 15 is 0 Å². The van der Waals surface area contributed by atoms with Gasteiger partial charge in [0.25, 0.3) is 5.56 Å². The molecule has 0 unspecified atom stereocenters. The lowest BCUT2D eigenvalue weighted by atomic mass is 10.3. The quantitative estimate of drug-likeness (QED) is 0.776. The molecule has 3 aromatic rings. The maximum atomic E-state index is 12.2. The van der Waals surface area contributed by atoms with Crippen molar-refractivity contribution in [3.63, 3.8) is 0 Å². The summed E-state index contributed by atoms with van der Waals surface area (Å²) in [4.78, 5) is 28.3. The van der Waals surface area contributed by atoms with Crippen LogP contribution in [0.15, 0.2) is 41.3 Å². The highest BCUT2D eigenvalue weighted by Gasteiger charge is 2.11. The molecular formula is C17H18N6O2. The predicted octanol–water partition coefficient (Wildman–Crippen LogP) is 1.39. The topological polar surface area (TPSA) is 94.7 Å². The van der Waals surface area contributed by atoms with Crippen molar-refractivity contribution in [2.24, 2.45) is 0 Å². The van der Waals surface area contributed by atoms with Crippen molar-refractivity contribution in [2.75, 3.05) is 5.32 Å². The Morgan fingerprint density at radius 2 is 1.92 bits per heavy atom. The van der Waals surface area contributed by atoms with E-state index < -0.39 is 0 Å². The van der Waals surface area contributed by atoms with Crippen molar-refractivity contribution in [1.29, 1.82) is 0 Å². The number of nitrogens with one attached hydrogen (secondary N) is 1. The van der Waals surface area contributed by atoms with Crippen LogP contribution in [0.2, 0.25) is 0 Å². The molecule has 0 bridgehead atoms. The Morgan fingerprint density at radius 3 is 2.60 bits per heavy atom. The Balaban J connectivity index is 1.82. The monoisotopic (exact) mass is 338 g/mol. The van der Waals surface area contributed by atoms with Crippen LogP contribution in [0.25, 0.3) is 5.82 Å². The van der Waals surface area contributed by atoms with Gasteiger partial charge in [-0.05, 0) is 50.6 Å². The molecule has 0 saturated heterocycles. The fraction of sp³-hybridized carbons (Fsp3) is 0.235. The van der Waals surface area contributed by atoms with Crippen LogP contribution < -0.4 is 10.9 Å². The van der Waals surface area contributed by atoms with E-state index in [9.17, 15) is 9.59 Å². The van der Waals surface area contributed by atoms with Gasteiger partial charge in [0.05, 0.1) is 5.69 Å². The maximum absolute atomic E-state index is 12.2. The van der Waals surface area contributed by atoms with Crippen LogP contribution in [-0.2, 0) is 11.3 Å². The summed E-state index contributed by atoms with van der Waals surface area (Å²) in [5.41, 5.74) is 2.36. The second-order valence-corrected chi connectivity index (χ2v) is 5.79. The van der Waals surface area contributed by atoms with Gasteiger partial charge >= 0.3 is 0 Å². The number of anilines is 1. The highest BCUT2D eigenvalue weighted by atomic mass is 16.2. The van der Waals surface area contributed by atoms with Gasteiger partial charge in [-0.2, -0.15) is 5.10 Å². The Labute approximate surface area is 144 Å². The number of amides is 1. The van der Waals surface area contributed by atoms with Gasteiger partial charge in [-0.25, -0.2) is 14.3 Å². The van der Waals surface area contributed by atoms with Gasteiger partial charge in [-0.15, -0.1) is 5.10 Å². The van der Waals surface area contributed by atoms with Crippen LogP contribution in [0.3, 0.4) is 0 Å². The maximum Gasteiger partial charge on any atom is 0.267 e. The first-order valence-corrected chi connectivity index (χ1v) is 7.77. The number of rotatable bonds is 4. The third-order valence-electron chi connectivity index (χ3n) is 3.56. The van der Waals surface area contributed by atoms with Crippen LogP contribution in [-0.4, -0.2) is 30.5 Å². The molecule has 0 aromatic carbocycles. The molecule has 3 rings (SSSR count). The fourth-order valence-electron chi connectivity index (χ4n) is 2.45. The van der Waals surface area contributed by atoms with Crippen molar-refractivity contribution >= 4 is 11.7 Å². The molecule has 8 nitrogen and oxygen atoms in total. The number of hydrogen-bond acceptors (Lipinski definition) is 5. The van der Waals surface area contributed by atoms with Crippen LogP contribution in [0.5, 0.6) is 0 Å². The highest BCUT2D eigenvalue weighted by molar-refractivity contribution is 5.89. The first-order valence-electron chi connectivity index (χ1n) is 7.77. The Hall–Kier alpha value is -3.29. The second-order valence-electron chi connectivity index (χ2n) is 5.79. The molecule has 0 aliphatic rings. The molecular weight excluding hydrogens is 320 g/mol. The highest BCUT2D eigenvalue weighted by Crippen LogP contribution is 2.08. The molecule has 3 heterocycles. The van der Waals surface area contributed by atoms with Crippen LogP contribution in [0, 0.1) is 20.8 Å². The summed E-state index contributed by atoms with van der Waals surface area (Å²) in [5.74, 6) is 0.539. The molecule has 1 N–H and O–H groups in total. The van der Waals surface area contributed by atoms with E-state index in [2.05, 4.69) is 20.5 Å². The van der Waals surface area contributed by atoms with E-state index in [1.54, 1.807) is 23.0 Å². The Kier molecular flexibility index (Phi) is 4.42. The third-order valence-corrected chi connectivity index (χ3v) is 3.56. The number of carbonyl (C=O) groups is 1. The molecule has 25 heavy (non-hydrogen) atoms. The first-order chi connectivity index (χ1) is 11.9. The number of nitrogens with zero attached hydrogens (tertiary/aromatic N) is 5. The van der Waals surface area contributed by atoms with Crippen LogP contribution >= 0.6 is 0 Å². The first kappa shape index (κ1) is 16.6. The number of hydrogen-bond donors (Lipinski definition) is 1. The lowest BCUT2D eigenvalue weighted by Crippen LogP contribution is -2.30. The molecule has 128 valence electrons. The zero-order valence-corrected chi connectivity index (χ0v) is 14.2. The van der Waals surface area contributed by atoms with Crippen LogP contribution in [0.1, 0.15) is 17.0 Å². The van der Waals surface area contributed by atoms with Crippen molar-refractivity contribution in [3.05, 3.63) is 63.8 Å². The smallest absolute Gasteiger partial charge is 0.267 e. The van der Waals surface area contributed by atoms with E-state index in [-0.39, 0.29) is 18.0 Å². The van der Waals surface area contributed by atoms with Gasteiger partial charge in [0, 0.05) is 18.0 Å². The molecule has 0 radical (unpaired) electrons. The number of pyridine rings is 1. The van der Waals surface area contributed by atoms with Gasteiger partial charge in [0.1, 0.15) is 12.4 Å². The second kappa shape index (κ2) is 6.68. The molecule has 8 heteroatoms. The molecule has 3 aromatic heterocycles. The summed E-state index contributed by atoms with van der Waals surface area (Å²) in [6.45, 7) is 5.47. The lowest BCUT2D eigenvalue weighted by molar-refractivity contribution is -0.117. The van der Waals surface area contributed by atoms with Gasteiger partial charge in [-0.3, -0.25) is 9.59 Å². The van der Waals surface area contributed by atoms with E-state index in [0.29, 0.717) is 11.6 Å². The predicted molar refractivity (Wildman–Crippen MR) is 92.7 cm³/mol. The van der Waals surface area contributed by atoms with Crippen molar-refractivity contribution in [3.8, 4) is 5.82 Å². The minimum Gasteiger partial charge on any atom is -0.309 e. The normalized spacial score (nSPS) is 10.7. The minimum atomic E-state index is -0.377. The summed E-state index contributed by atoms with van der Waals surface area (Å²) < 4.78 is 2.74. The largest absolute Gasteiger partial charge is 0.309 e. The average Bonchev–Trinajstić information content (AvgIpc) is 2.88. The molecule has 0 spiro atoms. The summed E-state index contributed by atoms with van der Waals surface area (Å²) in [5, 5.41) is 11.2. The van der Waals surface area contributed by atoms with E-state index in [1.807, 2.05) is 32.9 Å². The summed E-state index contributed by atoms with van der Waals surface area (Å²) in [6, 6.07) is 8.45. The Bertz CT molecular complexity index is 989. The number of aromatic nitrogens is 5. The summed E-state index contributed by atoms with van der Waals surface area (Å²) in [6.07, 6.45) is 1.61. The van der Waals surface area contributed by atoms with Crippen molar-refractivity contribution in [1.82, 2.24) is 24.5 Å². The zero-order chi connectivity index (χ0) is 18.0. The van der Waals surface area contributed by atoms with Gasteiger partial charge in [-0.1, -0.05) is 0 Å². The standard InChI is InChI=1S/C17H18N6O2/c1-11-6-7-18-14(8-11)19-16(24)10-22-17(25)5-4-15(21-22)23-13(3)9-12(2)20-23/h4-9H,10H2,1-3H3,(H,18,19,24). The molecule has 1 amide bonds. The summed E-state index contributed by atoms with van der Waals surface area (Å²) in [7, 11) is 0. The van der Waals surface area contributed by atoms with E-state index in [4.69, 9.17) is 0 Å². The lowest BCUT2D eigenvalue weighted by Gasteiger charge is -2.09. The molecule has 0 fully saturated rings. The van der Waals surface area contributed by atoms with E-state index in [1.165, 1.54) is 6.07 Å². The molecule has 0 aliphatic heterocycles. The van der Waals surface area contributed by atoms with Gasteiger partial charge in [0.15, 0.2) is 5.82 Å². The summed E-state index contributed by atoms with van der Waals surface area (Å²) >= 11 is 0. The molecule has 0 aliphatic carbocycles. The van der Waals surface area contributed by atoms with Crippen molar-refractivity contribution in [2.45, 2.75) is 27.3 Å². The SMILES string of the molecule is Cc1ccnc(NC(=O)Cn2nc(-n3nc(C)cc3C)ccc2=O)c1. The Morgan fingerprint density at radius 1 is 1.12 bits per heavy atom. The average molecular weight is 338 g/mol. The fourth-order valence-corrected chi connectivity index (χ4v) is 2.45. The zero-order valence-electron chi connectivity index (χ0n) is 14.2. The van der Waals surface area contributed by atoms with Crippen LogP contribution in [0.4, 0.5) is 5.82 Å².